The van der Waals surface area contributed by atoms with E-state index in [0.29, 0.717) is 6.54 Å². The third-order valence-electron chi connectivity index (χ3n) is 4.39. The van der Waals surface area contributed by atoms with E-state index in [2.05, 4.69) is 11.4 Å². The van der Waals surface area contributed by atoms with Crippen molar-refractivity contribution in [1.82, 2.24) is 0 Å². The first-order valence-electron chi connectivity index (χ1n) is 8.19. The van der Waals surface area contributed by atoms with E-state index in [1.54, 1.807) is 4.90 Å². The lowest BCUT2D eigenvalue weighted by molar-refractivity contribution is -0.122. The minimum atomic E-state index is -0.321. The zero-order valence-electron chi connectivity index (χ0n) is 14.3. The SMILES string of the molecule is Cc1cc(C)cc(NC(=O)[C@H]2CC(=O)N(c3ccccc3C)C2)c1. The number of amides is 2. The molecule has 0 unspecified atom stereocenters. The van der Waals surface area contributed by atoms with Gasteiger partial charge in [0.2, 0.25) is 11.8 Å². The van der Waals surface area contributed by atoms with Gasteiger partial charge in [0.25, 0.3) is 0 Å². The van der Waals surface area contributed by atoms with Crippen molar-refractivity contribution in [2.75, 3.05) is 16.8 Å². The molecule has 1 heterocycles. The molecule has 1 aliphatic heterocycles. The molecule has 1 saturated heterocycles. The molecule has 3 rings (SSSR count). The fourth-order valence-corrected chi connectivity index (χ4v) is 3.27. The van der Waals surface area contributed by atoms with Gasteiger partial charge in [-0.1, -0.05) is 24.3 Å². The third-order valence-corrected chi connectivity index (χ3v) is 4.39. The summed E-state index contributed by atoms with van der Waals surface area (Å²) < 4.78 is 0. The first-order chi connectivity index (χ1) is 11.4. The molecule has 0 aromatic heterocycles. The summed E-state index contributed by atoms with van der Waals surface area (Å²) in [4.78, 5) is 26.6. The van der Waals surface area contributed by atoms with Gasteiger partial charge in [0.1, 0.15) is 0 Å². The molecule has 0 saturated carbocycles. The monoisotopic (exact) mass is 322 g/mol. The van der Waals surface area contributed by atoms with Crippen LogP contribution in [-0.2, 0) is 9.59 Å². The van der Waals surface area contributed by atoms with E-state index < -0.39 is 0 Å². The van der Waals surface area contributed by atoms with E-state index in [0.717, 1.165) is 28.1 Å². The zero-order chi connectivity index (χ0) is 17.3. The highest BCUT2D eigenvalue weighted by Gasteiger charge is 2.35. The van der Waals surface area contributed by atoms with E-state index in [-0.39, 0.29) is 24.2 Å². The second-order valence-corrected chi connectivity index (χ2v) is 6.56. The molecule has 0 bridgehead atoms. The quantitative estimate of drug-likeness (QED) is 0.938. The second kappa shape index (κ2) is 6.48. The Bertz CT molecular complexity index is 778. The maximum Gasteiger partial charge on any atom is 0.229 e. The van der Waals surface area contributed by atoms with Crippen molar-refractivity contribution < 1.29 is 9.59 Å². The molecule has 0 spiro atoms. The number of aryl methyl sites for hydroxylation is 3. The van der Waals surface area contributed by atoms with Crippen LogP contribution in [0.5, 0.6) is 0 Å². The van der Waals surface area contributed by atoms with E-state index >= 15 is 0 Å². The Morgan fingerprint density at radius 3 is 2.42 bits per heavy atom. The number of para-hydroxylation sites is 1. The van der Waals surface area contributed by atoms with Crippen LogP contribution in [0.2, 0.25) is 0 Å². The molecule has 1 atom stereocenters. The summed E-state index contributed by atoms with van der Waals surface area (Å²) in [5, 5.41) is 2.95. The molecule has 1 fully saturated rings. The molecule has 1 aliphatic rings. The maximum absolute atomic E-state index is 12.6. The summed E-state index contributed by atoms with van der Waals surface area (Å²) >= 11 is 0. The second-order valence-electron chi connectivity index (χ2n) is 6.56. The summed E-state index contributed by atoms with van der Waals surface area (Å²) in [5.74, 6) is -0.410. The van der Waals surface area contributed by atoms with Gasteiger partial charge in [-0.2, -0.15) is 0 Å². The molecule has 24 heavy (non-hydrogen) atoms. The number of rotatable bonds is 3. The first kappa shape index (κ1) is 16.2. The number of hydrogen-bond donors (Lipinski definition) is 1. The summed E-state index contributed by atoms with van der Waals surface area (Å²) in [5.41, 5.74) is 4.94. The highest BCUT2D eigenvalue weighted by molar-refractivity contribution is 6.03. The van der Waals surface area contributed by atoms with Gasteiger partial charge in [0.05, 0.1) is 5.92 Å². The molecule has 1 N–H and O–H groups in total. The van der Waals surface area contributed by atoms with Crippen LogP contribution < -0.4 is 10.2 Å². The Morgan fingerprint density at radius 1 is 1.08 bits per heavy atom. The molecular weight excluding hydrogens is 300 g/mol. The number of carbonyl (C=O) groups is 2. The number of hydrogen-bond acceptors (Lipinski definition) is 2. The highest BCUT2D eigenvalue weighted by Crippen LogP contribution is 2.28. The van der Waals surface area contributed by atoms with Crippen LogP contribution in [0.3, 0.4) is 0 Å². The number of carbonyl (C=O) groups excluding carboxylic acids is 2. The average molecular weight is 322 g/mol. The number of anilines is 2. The number of nitrogens with one attached hydrogen (secondary N) is 1. The maximum atomic E-state index is 12.6. The predicted molar refractivity (Wildman–Crippen MR) is 96.2 cm³/mol. The largest absolute Gasteiger partial charge is 0.326 e. The van der Waals surface area contributed by atoms with Crippen molar-refractivity contribution in [3.63, 3.8) is 0 Å². The lowest BCUT2D eigenvalue weighted by atomic mass is 10.1. The Kier molecular flexibility index (Phi) is 4.38. The van der Waals surface area contributed by atoms with Gasteiger partial charge in [-0.15, -0.1) is 0 Å². The van der Waals surface area contributed by atoms with Gasteiger partial charge in [0, 0.05) is 24.3 Å². The highest BCUT2D eigenvalue weighted by atomic mass is 16.2. The number of nitrogens with zero attached hydrogens (tertiary/aromatic N) is 1. The topological polar surface area (TPSA) is 49.4 Å². The van der Waals surface area contributed by atoms with Crippen molar-refractivity contribution in [2.24, 2.45) is 5.92 Å². The molecule has 2 amide bonds. The van der Waals surface area contributed by atoms with Crippen molar-refractivity contribution in [1.29, 1.82) is 0 Å². The molecule has 0 aliphatic carbocycles. The predicted octanol–water partition coefficient (Wildman–Crippen LogP) is 3.60. The van der Waals surface area contributed by atoms with Crippen molar-refractivity contribution >= 4 is 23.2 Å². The smallest absolute Gasteiger partial charge is 0.229 e. The van der Waals surface area contributed by atoms with Crippen LogP contribution in [0.25, 0.3) is 0 Å². The van der Waals surface area contributed by atoms with Crippen LogP contribution in [0.1, 0.15) is 23.1 Å². The lowest BCUT2D eigenvalue weighted by Crippen LogP contribution is -2.28. The Morgan fingerprint density at radius 2 is 1.75 bits per heavy atom. The standard InChI is InChI=1S/C20H22N2O2/c1-13-8-14(2)10-17(9-13)21-20(24)16-11-19(23)22(12-16)18-7-5-4-6-15(18)3/h4-10,16H,11-12H2,1-3H3,(H,21,24)/t16-/m0/s1. The van der Waals surface area contributed by atoms with Gasteiger partial charge in [-0.05, 0) is 55.7 Å². The number of benzene rings is 2. The minimum absolute atomic E-state index is 0.00451. The third kappa shape index (κ3) is 3.32. The van der Waals surface area contributed by atoms with Crippen molar-refractivity contribution in [3.05, 3.63) is 59.2 Å². The summed E-state index contributed by atoms with van der Waals surface area (Å²) in [7, 11) is 0. The van der Waals surface area contributed by atoms with Crippen LogP contribution in [0, 0.1) is 26.7 Å². The van der Waals surface area contributed by atoms with E-state index in [1.807, 2.05) is 57.2 Å². The summed E-state index contributed by atoms with van der Waals surface area (Å²) in [6.07, 6.45) is 0.255. The van der Waals surface area contributed by atoms with Gasteiger partial charge < -0.3 is 10.2 Å². The fourth-order valence-electron chi connectivity index (χ4n) is 3.27. The molecular formula is C20H22N2O2. The molecule has 2 aromatic carbocycles. The molecule has 4 heteroatoms. The summed E-state index contributed by atoms with van der Waals surface area (Å²) in [6.45, 7) is 6.41. The van der Waals surface area contributed by atoms with Gasteiger partial charge in [-0.25, -0.2) is 0 Å². The minimum Gasteiger partial charge on any atom is -0.326 e. The fraction of sp³-hybridized carbons (Fsp3) is 0.300. The van der Waals surface area contributed by atoms with Crippen LogP contribution >= 0.6 is 0 Å². The molecule has 124 valence electrons. The van der Waals surface area contributed by atoms with Crippen LogP contribution in [0.4, 0.5) is 11.4 Å². The average Bonchev–Trinajstić information content (AvgIpc) is 2.88. The first-order valence-corrected chi connectivity index (χ1v) is 8.19. The van der Waals surface area contributed by atoms with E-state index in [9.17, 15) is 9.59 Å². The van der Waals surface area contributed by atoms with Crippen molar-refractivity contribution in [3.8, 4) is 0 Å². The molecule has 4 nitrogen and oxygen atoms in total. The Labute approximate surface area is 142 Å². The Hall–Kier alpha value is -2.62. The normalized spacial score (nSPS) is 17.2. The van der Waals surface area contributed by atoms with Gasteiger partial charge >= 0.3 is 0 Å². The van der Waals surface area contributed by atoms with Crippen molar-refractivity contribution in [2.45, 2.75) is 27.2 Å². The summed E-state index contributed by atoms with van der Waals surface area (Å²) in [6, 6.07) is 13.7. The van der Waals surface area contributed by atoms with Gasteiger partial charge in [-0.3, -0.25) is 9.59 Å². The molecule has 2 aromatic rings. The van der Waals surface area contributed by atoms with Crippen LogP contribution in [0.15, 0.2) is 42.5 Å². The zero-order valence-corrected chi connectivity index (χ0v) is 14.3. The Balaban J connectivity index is 1.73. The van der Waals surface area contributed by atoms with E-state index in [1.165, 1.54) is 0 Å². The lowest BCUT2D eigenvalue weighted by Gasteiger charge is -2.19. The van der Waals surface area contributed by atoms with Crippen LogP contribution in [-0.4, -0.2) is 18.4 Å². The van der Waals surface area contributed by atoms with E-state index in [4.69, 9.17) is 0 Å². The van der Waals surface area contributed by atoms with Gasteiger partial charge in [0.15, 0.2) is 0 Å². The molecule has 0 radical (unpaired) electrons.